The maximum atomic E-state index is 12.4. The van der Waals surface area contributed by atoms with Crippen molar-refractivity contribution in [1.82, 2.24) is 14.9 Å². The highest BCUT2D eigenvalue weighted by Gasteiger charge is 2.48. The van der Waals surface area contributed by atoms with Crippen LogP contribution in [0.25, 0.3) is 10.4 Å². The number of hydrogen-bond donors (Lipinski definition) is 7. The number of nitrogens with zero attached hydrogens (tertiary/aromatic N) is 4. The molecule has 2 fully saturated rings. The van der Waals surface area contributed by atoms with E-state index in [1.54, 1.807) is 0 Å². The van der Waals surface area contributed by atoms with Crippen LogP contribution in [0.4, 0.5) is 0 Å². The monoisotopic (exact) mass is 646 g/mol. The number of carbonyl (C=O) groups is 1. The molecule has 0 aromatic carbocycles. The lowest BCUT2D eigenvalue weighted by atomic mass is 9.97. The Balaban J connectivity index is 1.67. The van der Waals surface area contributed by atoms with Crippen LogP contribution in [0.3, 0.4) is 0 Å². The predicted octanol–water partition coefficient (Wildman–Crippen LogP) is -5.62. The van der Waals surface area contributed by atoms with Gasteiger partial charge in [-0.05, 0) is 5.53 Å². The van der Waals surface area contributed by atoms with Gasteiger partial charge in [0.1, 0.15) is 49.2 Å². The molecule has 3 rings (SSSR count). The van der Waals surface area contributed by atoms with E-state index in [9.17, 15) is 58.8 Å². The second kappa shape index (κ2) is 13.8. The number of aromatic amines is 1. The van der Waals surface area contributed by atoms with E-state index in [2.05, 4.69) is 23.4 Å². The molecule has 0 bridgehead atoms. The number of aliphatic hydroxyl groups is 5. The fourth-order valence-electron chi connectivity index (χ4n) is 3.83. The number of phosphoric ester groups is 2. The van der Waals surface area contributed by atoms with Gasteiger partial charge in [0.15, 0.2) is 12.5 Å². The number of aromatic nitrogens is 2. The molecule has 2 aliphatic heterocycles. The molecule has 1 aromatic heterocycles. The Morgan fingerprint density at radius 2 is 1.79 bits per heavy atom. The average molecular weight is 646 g/mol. The third-order valence-electron chi connectivity index (χ3n) is 5.78. The molecule has 3 heterocycles. The van der Waals surface area contributed by atoms with E-state index in [1.807, 2.05) is 10.3 Å². The molecule has 0 aliphatic carbocycles. The molecule has 0 spiro atoms. The van der Waals surface area contributed by atoms with Crippen molar-refractivity contribution >= 4 is 21.6 Å². The third-order valence-corrected chi connectivity index (χ3v) is 8.31. The van der Waals surface area contributed by atoms with E-state index in [0.29, 0.717) is 4.57 Å². The van der Waals surface area contributed by atoms with Crippen molar-refractivity contribution in [1.29, 1.82) is 0 Å². The van der Waals surface area contributed by atoms with Crippen molar-refractivity contribution in [3.8, 4) is 0 Å². The highest BCUT2D eigenvalue weighted by molar-refractivity contribution is 7.59. The predicted molar refractivity (Wildman–Crippen MR) is 124 cm³/mol. The van der Waals surface area contributed by atoms with Crippen LogP contribution in [0, 0.1) is 0 Å². The van der Waals surface area contributed by atoms with Gasteiger partial charge in [0, 0.05) is 17.2 Å². The van der Waals surface area contributed by atoms with E-state index in [1.165, 1.54) is 0 Å². The van der Waals surface area contributed by atoms with Crippen molar-refractivity contribution in [2.45, 2.75) is 55.2 Å². The molecule has 0 radical (unpaired) electrons. The fourth-order valence-corrected chi connectivity index (χ4v) is 5.92. The Morgan fingerprint density at radius 3 is 2.40 bits per heavy atom. The summed E-state index contributed by atoms with van der Waals surface area (Å²) >= 11 is 0. The summed E-state index contributed by atoms with van der Waals surface area (Å²) in [5.41, 5.74) is 6.49. The van der Waals surface area contributed by atoms with Crippen molar-refractivity contribution in [2.75, 3.05) is 19.8 Å². The lowest BCUT2D eigenvalue weighted by Gasteiger charge is -2.44. The standard InChI is InChI=1S/C17H26N6O17P2/c18-22-19-3-9(26)20-10-13(29)11(27)6(4-24)38-16(10)39-42(34,35)40-41(32,33)36-5-7-12(28)14(30)15(37-7)23-2-1-8(25)21-17(23)31/h1-2,6-7,10-16,24,27-30H,3-5H2,(H,20,26)(H,32,33)(H,34,35)(H,21,25,31)/p-2/t6-,7-,10-,11-,12-,13-,14-,15-,16-/m1/s1. The van der Waals surface area contributed by atoms with Gasteiger partial charge < -0.3 is 54.6 Å². The lowest BCUT2D eigenvalue weighted by molar-refractivity contribution is -0.285. The highest BCUT2D eigenvalue weighted by Crippen LogP contribution is 2.57. The number of phosphoric acid groups is 2. The molecule has 2 saturated heterocycles. The van der Waals surface area contributed by atoms with Crippen LogP contribution in [0.5, 0.6) is 0 Å². The van der Waals surface area contributed by atoms with Crippen LogP contribution in [-0.2, 0) is 36.8 Å². The Morgan fingerprint density at radius 1 is 1.12 bits per heavy atom. The minimum atomic E-state index is -6.04. The minimum absolute atomic E-state index is 0.680. The van der Waals surface area contributed by atoms with Gasteiger partial charge in [0.2, 0.25) is 5.91 Å². The van der Waals surface area contributed by atoms with Crippen molar-refractivity contribution in [2.24, 2.45) is 5.11 Å². The molecule has 23 nitrogen and oxygen atoms in total. The molecule has 42 heavy (non-hydrogen) atoms. The number of azide groups is 1. The van der Waals surface area contributed by atoms with Crippen LogP contribution in [-0.4, -0.2) is 110 Å². The molecule has 2 aliphatic rings. The molecule has 2 unspecified atom stereocenters. The first-order chi connectivity index (χ1) is 19.6. The summed E-state index contributed by atoms with van der Waals surface area (Å²) in [4.78, 5) is 63.9. The van der Waals surface area contributed by atoms with Gasteiger partial charge in [-0.15, -0.1) is 0 Å². The minimum Gasteiger partial charge on any atom is -0.756 e. The number of H-pyrrole nitrogens is 1. The van der Waals surface area contributed by atoms with Gasteiger partial charge in [-0.1, -0.05) is 5.11 Å². The van der Waals surface area contributed by atoms with Gasteiger partial charge in [-0.3, -0.25) is 32.8 Å². The van der Waals surface area contributed by atoms with Crippen LogP contribution in [0.1, 0.15) is 6.23 Å². The smallest absolute Gasteiger partial charge is 0.330 e. The zero-order valence-corrected chi connectivity index (χ0v) is 22.6. The topological polar surface area (TPSA) is 360 Å². The van der Waals surface area contributed by atoms with Gasteiger partial charge >= 0.3 is 5.69 Å². The van der Waals surface area contributed by atoms with E-state index in [-0.39, 0.29) is 0 Å². The summed E-state index contributed by atoms with van der Waals surface area (Å²) in [7, 11) is -11.9. The molecule has 11 atom stereocenters. The zero-order chi connectivity index (χ0) is 31.4. The quantitative estimate of drug-likeness (QED) is 0.0481. The number of carbonyl (C=O) groups excluding carboxylic acids is 1. The summed E-state index contributed by atoms with van der Waals surface area (Å²) in [5, 5.41) is 54.9. The van der Waals surface area contributed by atoms with Gasteiger partial charge in [-0.25, -0.2) is 9.11 Å². The van der Waals surface area contributed by atoms with Crippen molar-refractivity contribution in [3.05, 3.63) is 43.5 Å². The highest BCUT2D eigenvalue weighted by atomic mass is 31.3. The third kappa shape index (κ3) is 8.29. The zero-order valence-electron chi connectivity index (χ0n) is 20.8. The SMILES string of the molecule is [N-]=[N+]=NCC(=O)N[C@H]1[C@@H](OP(=O)([O-])OP(=O)([O-])OC[C@H]2O[C@@H](n3ccc(=O)[nH]c3=O)[C@H](O)[C@@H]2O)O[C@H](CO)[C@@H](O)[C@@H]1O. The Kier molecular flexibility index (Phi) is 11.2. The Hall–Kier alpha value is -2.56. The number of hydrogen-bond acceptors (Lipinski definition) is 18. The van der Waals surface area contributed by atoms with Gasteiger partial charge in [0.05, 0.1) is 13.2 Å². The summed E-state index contributed by atoms with van der Waals surface area (Å²) in [6.07, 6.45) is -14.0. The molecule has 25 heteroatoms. The van der Waals surface area contributed by atoms with E-state index < -0.39 is 108 Å². The van der Waals surface area contributed by atoms with E-state index >= 15 is 0 Å². The number of ether oxygens (including phenoxy) is 2. The van der Waals surface area contributed by atoms with E-state index in [4.69, 9.17) is 15.0 Å². The second-order valence-corrected chi connectivity index (χ2v) is 11.5. The fraction of sp³-hybridized carbons (Fsp3) is 0.706. The van der Waals surface area contributed by atoms with Crippen LogP contribution in [0.2, 0.25) is 0 Å². The van der Waals surface area contributed by atoms with Gasteiger partial charge in [0.25, 0.3) is 21.2 Å². The number of amides is 1. The summed E-state index contributed by atoms with van der Waals surface area (Å²) < 4.78 is 48.4. The van der Waals surface area contributed by atoms with Crippen LogP contribution < -0.4 is 26.4 Å². The normalized spacial score (nSPS) is 34.1. The lowest BCUT2D eigenvalue weighted by Crippen LogP contribution is -2.64. The molecule has 7 N–H and O–H groups in total. The number of aliphatic hydroxyl groups excluding tert-OH is 5. The first kappa shape index (κ1) is 33.9. The maximum absolute atomic E-state index is 12.4. The largest absolute Gasteiger partial charge is 0.756 e. The first-order valence-corrected chi connectivity index (χ1v) is 14.4. The molecular weight excluding hydrogens is 622 g/mol. The summed E-state index contributed by atoms with van der Waals surface area (Å²) in [6.45, 7) is -3.00. The summed E-state index contributed by atoms with van der Waals surface area (Å²) in [6, 6.07) is -1.03. The molecule has 0 saturated carbocycles. The van der Waals surface area contributed by atoms with Crippen molar-refractivity contribution < 1.29 is 72.1 Å². The average Bonchev–Trinajstić information content (AvgIpc) is 3.18. The number of nitrogens with one attached hydrogen (secondary N) is 2. The Labute approximate surface area is 232 Å². The summed E-state index contributed by atoms with van der Waals surface area (Å²) in [5.74, 6) is -1.11. The Bertz CT molecular complexity index is 1380. The molecular formula is C17H24N6O17P2-2. The molecule has 236 valence electrons. The van der Waals surface area contributed by atoms with E-state index in [0.717, 1.165) is 12.3 Å². The van der Waals surface area contributed by atoms with Gasteiger partial charge in [-0.2, -0.15) is 0 Å². The van der Waals surface area contributed by atoms with Crippen LogP contribution >= 0.6 is 15.6 Å². The second-order valence-electron chi connectivity index (χ2n) is 8.63. The number of rotatable bonds is 12. The molecule has 1 amide bonds. The van der Waals surface area contributed by atoms with Crippen molar-refractivity contribution in [3.63, 3.8) is 0 Å². The van der Waals surface area contributed by atoms with Crippen LogP contribution in [0.15, 0.2) is 27.0 Å². The first-order valence-electron chi connectivity index (χ1n) is 11.5. The molecule has 1 aromatic rings. The maximum Gasteiger partial charge on any atom is 0.330 e.